The summed E-state index contributed by atoms with van der Waals surface area (Å²) in [5, 5.41) is 0. The Morgan fingerprint density at radius 2 is 1.27 bits per heavy atom. The Labute approximate surface area is 256 Å². The molecule has 236 valence electrons. The predicted octanol–water partition coefficient (Wildman–Crippen LogP) is 11.6. The highest BCUT2D eigenvalue weighted by Crippen LogP contribution is 2.40. The zero-order chi connectivity index (χ0) is 32.3. The number of allylic oxidation sites excluding steroid dienone is 2. The maximum atomic E-state index is 15.2. The van der Waals surface area contributed by atoms with Gasteiger partial charge in [0.05, 0.1) is 0 Å². The minimum absolute atomic E-state index is 0.111. The lowest BCUT2D eigenvalue weighted by Gasteiger charge is -2.28. The monoisotopic (exact) mass is 630 g/mol. The summed E-state index contributed by atoms with van der Waals surface area (Å²) in [7, 11) is 0. The van der Waals surface area contributed by atoms with Gasteiger partial charge in [-0.3, -0.25) is 0 Å². The third-order valence-corrected chi connectivity index (χ3v) is 8.36. The molecule has 0 spiro atoms. The van der Waals surface area contributed by atoms with E-state index in [-0.39, 0.29) is 23.3 Å². The van der Waals surface area contributed by atoms with Crippen LogP contribution in [0.1, 0.15) is 62.5 Å². The van der Waals surface area contributed by atoms with Crippen LogP contribution in [0.3, 0.4) is 0 Å². The first kappa shape index (κ1) is 32.3. The van der Waals surface area contributed by atoms with Gasteiger partial charge in [-0.2, -0.15) is 8.78 Å². The van der Waals surface area contributed by atoms with Gasteiger partial charge >= 0.3 is 6.11 Å². The van der Waals surface area contributed by atoms with Gasteiger partial charge in [-0.15, -0.1) is 0 Å². The molecule has 1 nitrogen and oxygen atoms in total. The molecule has 0 N–H and O–H groups in total. The first-order valence-electron chi connectivity index (χ1n) is 14.7. The molecule has 9 heteroatoms. The maximum Gasteiger partial charge on any atom is 0.432 e. The van der Waals surface area contributed by atoms with E-state index in [1.54, 1.807) is 6.07 Å². The Bertz CT molecular complexity index is 1640. The van der Waals surface area contributed by atoms with Crippen molar-refractivity contribution in [2.24, 2.45) is 5.92 Å². The molecule has 0 atom stereocenters. The highest BCUT2D eigenvalue weighted by atomic mass is 19.3. The molecule has 1 aliphatic rings. The lowest BCUT2D eigenvalue weighted by atomic mass is 9.77. The second-order valence-corrected chi connectivity index (χ2v) is 11.3. The highest BCUT2D eigenvalue weighted by molar-refractivity contribution is 5.71. The lowest BCUT2D eigenvalue weighted by molar-refractivity contribution is -0.189. The second-order valence-electron chi connectivity index (χ2n) is 11.3. The number of hydrogen-bond donors (Lipinski definition) is 0. The molecule has 45 heavy (non-hydrogen) atoms. The van der Waals surface area contributed by atoms with Crippen molar-refractivity contribution in [1.82, 2.24) is 0 Å². The van der Waals surface area contributed by atoms with Crippen molar-refractivity contribution < 1.29 is 39.9 Å². The smallest absolute Gasteiger partial charge is 0.429 e. The molecule has 5 rings (SSSR count). The number of rotatable bonds is 9. The molecule has 0 aliphatic heterocycles. The van der Waals surface area contributed by atoms with Gasteiger partial charge in [0.15, 0.2) is 17.5 Å². The lowest BCUT2D eigenvalue weighted by Crippen LogP contribution is -2.25. The maximum absolute atomic E-state index is 15.2. The number of benzene rings is 4. The largest absolute Gasteiger partial charge is 0.432 e. The van der Waals surface area contributed by atoms with Crippen molar-refractivity contribution >= 4 is 0 Å². The summed E-state index contributed by atoms with van der Waals surface area (Å²) in [6, 6.07) is 13.1. The SMILES string of the molecule is CC=CCCC1CCC(c2ccc(-c3ccc(-c4cc(F)c(C(F)(F)Oc5cc(F)c(F)c(F)c5)c(F)c4)c(F)c3)cc2)CC1. The van der Waals surface area contributed by atoms with Crippen molar-refractivity contribution in [3.63, 3.8) is 0 Å². The van der Waals surface area contributed by atoms with E-state index in [1.165, 1.54) is 37.0 Å². The molecular weight excluding hydrogens is 600 g/mol. The molecule has 0 bridgehead atoms. The minimum atomic E-state index is -4.75. The van der Waals surface area contributed by atoms with Crippen LogP contribution < -0.4 is 4.74 Å². The first-order chi connectivity index (χ1) is 21.5. The van der Waals surface area contributed by atoms with Gasteiger partial charge in [0.1, 0.15) is 28.8 Å². The van der Waals surface area contributed by atoms with E-state index in [4.69, 9.17) is 0 Å². The molecule has 4 aromatic rings. The van der Waals surface area contributed by atoms with Gasteiger partial charge in [0, 0.05) is 17.7 Å². The normalized spacial score (nSPS) is 17.2. The number of halogens is 8. The Kier molecular flexibility index (Phi) is 9.65. The first-order valence-corrected chi connectivity index (χ1v) is 14.7. The average molecular weight is 631 g/mol. The van der Waals surface area contributed by atoms with Crippen molar-refractivity contribution in [2.45, 2.75) is 57.5 Å². The summed E-state index contributed by atoms with van der Waals surface area (Å²) in [5.41, 5.74) is 0.0241. The van der Waals surface area contributed by atoms with E-state index in [1.807, 2.05) is 31.2 Å². The topological polar surface area (TPSA) is 9.23 Å². The van der Waals surface area contributed by atoms with Crippen molar-refractivity contribution in [2.75, 3.05) is 0 Å². The Hall–Kier alpha value is -4.14. The van der Waals surface area contributed by atoms with Crippen LogP contribution in [0.25, 0.3) is 22.3 Å². The molecule has 0 saturated heterocycles. The summed E-state index contributed by atoms with van der Waals surface area (Å²) in [4.78, 5) is 0. The van der Waals surface area contributed by atoms with Crippen molar-refractivity contribution in [3.8, 4) is 28.0 Å². The molecule has 0 amide bonds. The van der Waals surface area contributed by atoms with Crippen LogP contribution in [0.4, 0.5) is 35.1 Å². The van der Waals surface area contributed by atoms with E-state index in [9.17, 15) is 30.7 Å². The molecule has 4 aromatic carbocycles. The Morgan fingerprint density at radius 3 is 1.84 bits per heavy atom. The van der Waals surface area contributed by atoms with E-state index >= 15 is 4.39 Å². The third-order valence-electron chi connectivity index (χ3n) is 8.36. The van der Waals surface area contributed by atoms with Crippen LogP contribution in [0.15, 0.2) is 78.9 Å². The van der Waals surface area contributed by atoms with Gasteiger partial charge in [-0.1, -0.05) is 48.6 Å². The molecule has 0 aromatic heterocycles. The predicted molar refractivity (Wildman–Crippen MR) is 157 cm³/mol. The zero-order valence-electron chi connectivity index (χ0n) is 24.3. The number of alkyl halides is 2. The van der Waals surface area contributed by atoms with Crippen LogP contribution >= 0.6 is 0 Å². The minimum Gasteiger partial charge on any atom is -0.429 e. The fourth-order valence-corrected chi connectivity index (χ4v) is 5.96. The van der Waals surface area contributed by atoms with Crippen LogP contribution in [0.5, 0.6) is 5.75 Å². The molecule has 0 radical (unpaired) electrons. The fourth-order valence-electron chi connectivity index (χ4n) is 5.96. The van der Waals surface area contributed by atoms with Crippen molar-refractivity contribution in [1.29, 1.82) is 0 Å². The van der Waals surface area contributed by atoms with Gasteiger partial charge in [0.25, 0.3) is 0 Å². The molecule has 0 unspecified atom stereocenters. The van der Waals surface area contributed by atoms with Crippen LogP contribution in [-0.4, -0.2) is 0 Å². The van der Waals surface area contributed by atoms with Gasteiger partial charge in [-0.05, 0) is 97.7 Å². The van der Waals surface area contributed by atoms with Crippen LogP contribution in [0.2, 0.25) is 0 Å². The summed E-state index contributed by atoms with van der Waals surface area (Å²) in [6.45, 7) is 2.03. The van der Waals surface area contributed by atoms with E-state index in [0.717, 1.165) is 30.7 Å². The zero-order valence-corrected chi connectivity index (χ0v) is 24.3. The number of hydrogen-bond acceptors (Lipinski definition) is 1. The standard InChI is InChI=1S/C36H30F8O/c1-2-3-4-5-21-6-8-22(9-7-21)23-10-12-24(13-11-23)25-14-15-28(29(37)16-25)26-17-30(38)34(31(39)18-26)36(43,44)45-27-19-32(40)35(42)33(41)20-27/h2-3,10-22H,4-9H2,1H3. The summed E-state index contributed by atoms with van der Waals surface area (Å²) in [5.74, 6) is -9.98. The quantitative estimate of drug-likeness (QED) is 0.102. The van der Waals surface area contributed by atoms with Crippen LogP contribution in [-0.2, 0) is 6.11 Å². The third kappa shape index (κ3) is 7.24. The molecular formula is C36H30F8O. The van der Waals surface area contributed by atoms with Crippen molar-refractivity contribution in [3.05, 3.63) is 125 Å². The van der Waals surface area contributed by atoms with Gasteiger partial charge in [-0.25, -0.2) is 26.3 Å². The molecule has 1 saturated carbocycles. The van der Waals surface area contributed by atoms with E-state index < -0.39 is 52.3 Å². The van der Waals surface area contributed by atoms with E-state index in [2.05, 4.69) is 16.9 Å². The van der Waals surface area contributed by atoms with Gasteiger partial charge < -0.3 is 4.74 Å². The molecule has 0 heterocycles. The van der Waals surface area contributed by atoms with Crippen LogP contribution in [0, 0.1) is 40.8 Å². The Morgan fingerprint density at radius 1 is 0.689 bits per heavy atom. The summed E-state index contributed by atoms with van der Waals surface area (Å²) < 4.78 is 118. The number of ether oxygens (including phenoxy) is 1. The fraction of sp³-hybridized carbons (Fsp3) is 0.278. The highest BCUT2D eigenvalue weighted by Gasteiger charge is 2.41. The molecule has 1 fully saturated rings. The summed E-state index contributed by atoms with van der Waals surface area (Å²) in [6.07, 6.45) is 6.50. The summed E-state index contributed by atoms with van der Waals surface area (Å²) >= 11 is 0. The second kappa shape index (κ2) is 13.5. The average Bonchev–Trinajstić information content (AvgIpc) is 2.99. The van der Waals surface area contributed by atoms with E-state index in [0.29, 0.717) is 23.6 Å². The van der Waals surface area contributed by atoms with Gasteiger partial charge in [0.2, 0.25) is 0 Å². The molecule has 1 aliphatic carbocycles. The Balaban J connectivity index is 1.30.